The van der Waals surface area contributed by atoms with Crippen LogP contribution in [0.4, 0.5) is 0 Å². The molecule has 0 unspecified atom stereocenters. The van der Waals surface area contributed by atoms with Gasteiger partial charge in [-0.1, -0.05) is 84.5 Å². The van der Waals surface area contributed by atoms with E-state index in [1.807, 2.05) is 6.20 Å². The second-order valence-electron chi connectivity index (χ2n) is 7.34. The van der Waals surface area contributed by atoms with Gasteiger partial charge in [-0.25, -0.2) is 9.55 Å². The highest BCUT2D eigenvalue weighted by Crippen LogP contribution is 2.14. The molecule has 0 saturated heterocycles. The predicted molar refractivity (Wildman–Crippen MR) is 95.9 cm³/mol. The Morgan fingerprint density at radius 3 is 1.74 bits per heavy atom. The third-order valence-electron chi connectivity index (χ3n) is 4.67. The van der Waals surface area contributed by atoms with Crippen molar-refractivity contribution in [3.63, 3.8) is 0 Å². The highest BCUT2D eigenvalue weighted by Gasteiger charge is 2.04. The number of aryl methyl sites for hydroxylation is 2. The van der Waals surface area contributed by atoms with Crippen LogP contribution in [0.5, 0.6) is 0 Å². The third-order valence-corrected chi connectivity index (χ3v) is 4.67. The molecule has 0 spiro atoms. The summed E-state index contributed by atoms with van der Waals surface area (Å²) in [4.78, 5) is 3.31. The second-order valence-corrected chi connectivity index (χ2v) is 7.34. The zero-order valence-corrected chi connectivity index (χ0v) is 16.5. The normalized spacial score (nSPS) is 11.0. The molecular weight excluding hydrogens is 304 g/mol. The zero-order chi connectivity index (χ0) is 16.0. The molecule has 0 bridgehead atoms. The lowest BCUT2D eigenvalue weighted by Gasteiger charge is -2.04. The maximum Gasteiger partial charge on any atom is 0.253 e. The number of halogens is 1. The molecule has 0 fully saturated rings. The van der Waals surface area contributed by atoms with Crippen molar-refractivity contribution < 1.29 is 17.0 Å². The highest BCUT2D eigenvalue weighted by atomic mass is 35.5. The second kappa shape index (κ2) is 15.1. The molecule has 1 aromatic rings. The van der Waals surface area contributed by atoms with Gasteiger partial charge in [0.1, 0.15) is 12.4 Å². The number of aromatic amines is 1. The Labute approximate surface area is 150 Å². The highest BCUT2D eigenvalue weighted by molar-refractivity contribution is 4.76. The smallest absolute Gasteiger partial charge is 0.253 e. The average molecular weight is 343 g/mol. The van der Waals surface area contributed by atoms with Gasteiger partial charge in [0, 0.05) is 6.42 Å². The molecular formula is C20H39ClN2. The predicted octanol–water partition coefficient (Wildman–Crippen LogP) is 2.72. The first-order valence-corrected chi connectivity index (χ1v) is 9.72. The van der Waals surface area contributed by atoms with Crippen LogP contribution >= 0.6 is 0 Å². The van der Waals surface area contributed by atoms with Gasteiger partial charge in [0.15, 0.2) is 0 Å². The van der Waals surface area contributed by atoms with E-state index in [4.69, 9.17) is 0 Å². The molecule has 0 atom stereocenters. The summed E-state index contributed by atoms with van der Waals surface area (Å²) in [6, 6.07) is 0. The van der Waals surface area contributed by atoms with Gasteiger partial charge in [-0.05, 0) is 12.3 Å². The van der Waals surface area contributed by atoms with Gasteiger partial charge in [0.25, 0.3) is 5.82 Å². The Balaban J connectivity index is 0.00000484. The minimum Gasteiger partial charge on any atom is -1.00 e. The fourth-order valence-electron chi connectivity index (χ4n) is 3.12. The first-order chi connectivity index (χ1) is 10.7. The van der Waals surface area contributed by atoms with Gasteiger partial charge >= 0.3 is 0 Å². The third kappa shape index (κ3) is 12.6. The molecule has 0 amide bonds. The molecule has 1 rings (SSSR count). The van der Waals surface area contributed by atoms with Crippen molar-refractivity contribution in [3.05, 3.63) is 18.2 Å². The lowest BCUT2D eigenvalue weighted by atomic mass is 10.0. The first-order valence-electron chi connectivity index (χ1n) is 9.72. The molecule has 1 aromatic heterocycles. The largest absolute Gasteiger partial charge is 1.00 e. The van der Waals surface area contributed by atoms with Crippen LogP contribution < -0.4 is 17.0 Å². The maximum atomic E-state index is 3.31. The van der Waals surface area contributed by atoms with Crippen molar-refractivity contribution >= 4 is 0 Å². The molecule has 2 nitrogen and oxygen atoms in total. The summed E-state index contributed by atoms with van der Waals surface area (Å²) in [7, 11) is 2.12. The van der Waals surface area contributed by atoms with E-state index < -0.39 is 0 Å². The molecule has 136 valence electrons. The van der Waals surface area contributed by atoms with Gasteiger partial charge in [0.05, 0.1) is 7.05 Å². The van der Waals surface area contributed by atoms with Gasteiger partial charge in [-0.15, -0.1) is 0 Å². The van der Waals surface area contributed by atoms with E-state index >= 15 is 0 Å². The van der Waals surface area contributed by atoms with Crippen molar-refractivity contribution in [2.75, 3.05) is 0 Å². The van der Waals surface area contributed by atoms with Gasteiger partial charge in [0.2, 0.25) is 0 Å². The number of nitrogens with one attached hydrogen (secondary N) is 1. The number of nitrogens with zero attached hydrogens (tertiary/aromatic N) is 1. The Bertz CT molecular complexity index is 360. The van der Waals surface area contributed by atoms with Crippen LogP contribution in [0.1, 0.15) is 96.7 Å². The molecule has 1 N–H and O–H groups in total. The van der Waals surface area contributed by atoms with Gasteiger partial charge in [-0.2, -0.15) is 0 Å². The van der Waals surface area contributed by atoms with E-state index in [2.05, 4.69) is 36.6 Å². The van der Waals surface area contributed by atoms with E-state index in [0.29, 0.717) is 0 Å². The maximum absolute atomic E-state index is 3.31. The minimum atomic E-state index is 0. The Morgan fingerprint density at radius 1 is 0.826 bits per heavy atom. The number of H-pyrrole nitrogens is 1. The molecule has 0 aliphatic rings. The lowest BCUT2D eigenvalue weighted by molar-refractivity contribution is -0.677. The van der Waals surface area contributed by atoms with Crippen molar-refractivity contribution in [2.45, 2.75) is 97.3 Å². The number of rotatable bonds is 14. The van der Waals surface area contributed by atoms with Crippen molar-refractivity contribution in [3.8, 4) is 0 Å². The number of aromatic nitrogens is 2. The molecule has 0 aliphatic heterocycles. The van der Waals surface area contributed by atoms with Crippen LogP contribution in [0.15, 0.2) is 12.4 Å². The first kappa shape index (κ1) is 22.5. The van der Waals surface area contributed by atoms with E-state index in [-0.39, 0.29) is 12.4 Å². The van der Waals surface area contributed by atoms with E-state index in [0.717, 1.165) is 5.92 Å². The Morgan fingerprint density at radius 2 is 1.30 bits per heavy atom. The van der Waals surface area contributed by atoms with Crippen molar-refractivity contribution in [1.29, 1.82) is 0 Å². The van der Waals surface area contributed by atoms with E-state index in [1.54, 1.807) is 0 Å². The minimum absolute atomic E-state index is 0. The van der Waals surface area contributed by atoms with Crippen LogP contribution in [-0.4, -0.2) is 4.98 Å². The fraction of sp³-hybridized carbons (Fsp3) is 0.850. The summed E-state index contributed by atoms with van der Waals surface area (Å²) < 4.78 is 2.20. The van der Waals surface area contributed by atoms with Crippen molar-refractivity contribution in [1.82, 2.24) is 4.98 Å². The monoisotopic (exact) mass is 342 g/mol. The quantitative estimate of drug-likeness (QED) is 0.396. The van der Waals surface area contributed by atoms with Crippen molar-refractivity contribution in [2.24, 2.45) is 13.0 Å². The lowest BCUT2D eigenvalue weighted by Crippen LogP contribution is -3.00. The average Bonchev–Trinajstić information content (AvgIpc) is 2.89. The van der Waals surface area contributed by atoms with Crippen LogP contribution in [0.2, 0.25) is 0 Å². The molecule has 1 heterocycles. The number of hydrogen-bond acceptors (Lipinski definition) is 0. The standard InChI is InChI=1S/C20H38N2.ClH/c1-19(2)15-13-11-9-7-5-4-6-8-10-12-14-16-20-21-17-18-22(20)3;/h17-19H,4-16H2,1-3H3;1H. The summed E-state index contributed by atoms with van der Waals surface area (Å²) >= 11 is 0. The van der Waals surface area contributed by atoms with Crippen LogP contribution in [0.25, 0.3) is 0 Å². The molecule has 0 aliphatic carbocycles. The molecule has 0 saturated carbocycles. The number of unbranched alkanes of at least 4 members (excludes halogenated alkanes) is 10. The topological polar surface area (TPSA) is 19.7 Å². The van der Waals surface area contributed by atoms with Crippen LogP contribution in [-0.2, 0) is 13.5 Å². The molecule has 23 heavy (non-hydrogen) atoms. The van der Waals surface area contributed by atoms with Gasteiger partial charge < -0.3 is 12.4 Å². The van der Waals surface area contributed by atoms with E-state index in [1.165, 1.54) is 89.3 Å². The molecule has 3 heteroatoms. The van der Waals surface area contributed by atoms with Crippen LogP contribution in [0.3, 0.4) is 0 Å². The Hall–Kier alpha value is -0.500. The van der Waals surface area contributed by atoms with Gasteiger partial charge in [-0.3, -0.25) is 0 Å². The summed E-state index contributed by atoms with van der Waals surface area (Å²) in [5, 5.41) is 0. The summed E-state index contributed by atoms with van der Waals surface area (Å²) in [5.41, 5.74) is 0. The SMILES string of the molecule is CC(C)CCCCCCCCCCCCCc1[nH]cc[n+]1C.[Cl-]. The number of hydrogen-bond donors (Lipinski definition) is 1. The van der Waals surface area contributed by atoms with Crippen LogP contribution in [0, 0.1) is 5.92 Å². The Kier molecular flexibility index (Phi) is 14.7. The fourth-order valence-corrected chi connectivity index (χ4v) is 3.12. The summed E-state index contributed by atoms with van der Waals surface area (Å²) in [5.74, 6) is 2.25. The summed E-state index contributed by atoms with van der Waals surface area (Å²) in [6.07, 6.45) is 22.5. The summed E-state index contributed by atoms with van der Waals surface area (Å²) in [6.45, 7) is 4.66. The number of imidazole rings is 1. The zero-order valence-electron chi connectivity index (χ0n) is 15.7. The molecule has 0 aromatic carbocycles. The molecule has 0 radical (unpaired) electrons. The van der Waals surface area contributed by atoms with E-state index in [9.17, 15) is 0 Å².